The van der Waals surface area contributed by atoms with Gasteiger partial charge in [0, 0.05) is 22.5 Å². The molecule has 0 aliphatic heterocycles. The van der Waals surface area contributed by atoms with Gasteiger partial charge in [0.1, 0.15) is 6.20 Å². The maximum absolute atomic E-state index is 12.6. The van der Waals surface area contributed by atoms with Gasteiger partial charge in [-0.3, -0.25) is 14.8 Å². The zero-order valence-electron chi connectivity index (χ0n) is 16.4. The summed E-state index contributed by atoms with van der Waals surface area (Å²) < 4.78 is 27.4. The van der Waals surface area contributed by atoms with Crippen LogP contribution in [0.5, 0.6) is 0 Å². The van der Waals surface area contributed by atoms with Gasteiger partial charge in [0.2, 0.25) is 5.13 Å². The first kappa shape index (κ1) is 20.6. The van der Waals surface area contributed by atoms with Crippen LogP contribution in [0.25, 0.3) is 11.0 Å². The van der Waals surface area contributed by atoms with Crippen LogP contribution in [0.4, 0.5) is 21.5 Å². The molecule has 4 aromatic rings. The van der Waals surface area contributed by atoms with Gasteiger partial charge < -0.3 is 5.32 Å². The molecule has 0 aliphatic rings. The van der Waals surface area contributed by atoms with Crippen LogP contribution < -0.4 is 10.0 Å². The van der Waals surface area contributed by atoms with Gasteiger partial charge in [-0.05, 0) is 67.6 Å². The van der Waals surface area contributed by atoms with Gasteiger partial charge in [0.15, 0.2) is 5.65 Å². The smallest absolute Gasteiger partial charge is 0.345 e. The highest BCUT2D eigenvalue weighted by molar-refractivity contribution is 7.93. The fourth-order valence-electron chi connectivity index (χ4n) is 2.87. The predicted octanol–water partition coefficient (Wildman–Crippen LogP) is 4.16. The normalized spacial score (nSPS) is 11.4. The summed E-state index contributed by atoms with van der Waals surface area (Å²) in [4.78, 5) is 22.7. The van der Waals surface area contributed by atoms with E-state index in [4.69, 9.17) is 0 Å². The summed E-state index contributed by atoms with van der Waals surface area (Å²) in [7, 11) is -3.93. The molecule has 0 spiro atoms. The van der Waals surface area contributed by atoms with Crippen LogP contribution >= 0.6 is 11.3 Å². The van der Waals surface area contributed by atoms with Crippen LogP contribution in [0.15, 0.2) is 53.6 Å². The third-order valence-electron chi connectivity index (χ3n) is 4.28. The Kier molecular flexibility index (Phi) is 5.25. The van der Waals surface area contributed by atoms with E-state index < -0.39 is 14.9 Å². The van der Waals surface area contributed by atoms with Crippen molar-refractivity contribution < 1.29 is 13.3 Å². The number of sulfonamides is 1. The van der Waals surface area contributed by atoms with Crippen molar-refractivity contribution in [3.63, 3.8) is 0 Å². The Balaban J connectivity index is 1.57. The van der Waals surface area contributed by atoms with Gasteiger partial charge in [-0.15, -0.1) is 0 Å². The van der Waals surface area contributed by atoms with Gasteiger partial charge in [-0.1, -0.05) is 0 Å². The summed E-state index contributed by atoms with van der Waals surface area (Å²) in [6.07, 6.45) is 1.01. The molecule has 0 radical (unpaired) electrons. The van der Waals surface area contributed by atoms with E-state index in [0.717, 1.165) is 28.7 Å². The number of aryl methyl sites for hydroxylation is 2. The highest BCUT2D eigenvalue weighted by atomic mass is 32.2. The summed E-state index contributed by atoms with van der Waals surface area (Å²) in [5, 5.41) is 14.5. The molecule has 3 heterocycles. The van der Waals surface area contributed by atoms with E-state index in [1.54, 1.807) is 12.1 Å². The van der Waals surface area contributed by atoms with Crippen molar-refractivity contribution in [1.82, 2.24) is 15.0 Å². The molecular weight excluding hydrogens is 440 g/mol. The van der Waals surface area contributed by atoms with Crippen LogP contribution in [0.3, 0.4) is 0 Å². The zero-order valence-corrected chi connectivity index (χ0v) is 18.0. The third-order valence-corrected chi connectivity index (χ3v) is 6.63. The summed E-state index contributed by atoms with van der Waals surface area (Å²) in [5.74, 6) is 0. The van der Waals surface area contributed by atoms with Crippen molar-refractivity contribution in [2.45, 2.75) is 18.7 Å². The number of aromatic nitrogens is 3. The molecule has 158 valence electrons. The quantitative estimate of drug-likeness (QED) is 0.326. The molecule has 0 bridgehead atoms. The van der Waals surface area contributed by atoms with Crippen LogP contribution in [0, 0.1) is 24.0 Å². The number of rotatable bonds is 6. The molecule has 0 atom stereocenters. The second-order valence-corrected chi connectivity index (χ2v) is 9.34. The molecule has 12 heteroatoms. The lowest BCUT2D eigenvalue weighted by atomic mass is 10.2. The lowest BCUT2D eigenvalue weighted by Crippen LogP contribution is -2.12. The minimum Gasteiger partial charge on any atom is -0.355 e. The molecule has 0 aliphatic carbocycles. The van der Waals surface area contributed by atoms with Crippen molar-refractivity contribution in [3.05, 3.63) is 70.2 Å². The Labute approximate surface area is 181 Å². The highest BCUT2D eigenvalue weighted by Crippen LogP contribution is 2.29. The second-order valence-electron chi connectivity index (χ2n) is 6.65. The molecule has 0 unspecified atom stereocenters. The maximum atomic E-state index is 12.6. The van der Waals surface area contributed by atoms with E-state index in [1.165, 1.54) is 12.1 Å². The van der Waals surface area contributed by atoms with Crippen molar-refractivity contribution in [1.29, 1.82) is 0 Å². The number of nitrogens with zero attached hydrogens (tertiary/aromatic N) is 4. The Morgan fingerprint density at radius 1 is 1.03 bits per heavy atom. The number of hydrogen-bond acceptors (Lipinski definition) is 9. The monoisotopic (exact) mass is 456 g/mol. The Hall–Kier alpha value is -3.64. The summed E-state index contributed by atoms with van der Waals surface area (Å²) in [6, 6.07) is 11.8. The fraction of sp³-hybridized carbons (Fsp3) is 0.105. The lowest BCUT2D eigenvalue weighted by Gasteiger charge is -2.12. The first-order valence-corrected chi connectivity index (χ1v) is 11.3. The van der Waals surface area contributed by atoms with E-state index in [9.17, 15) is 18.5 Å². The number of pyridine rings is 2. The molecule has 0 amide bonds. The molecule has 1 aromatic carbocycles. The average Bonchev–Trinajstić information content (AvgIpc) is 3.16. The third kappa shape index (κ3) is 4.44. The topological polar surface area (TPSA) is 140 Å². The number of benzene rings is 1. The SMILES string of the molecule is Cc1ccc2c(Nc3ccc(S(=O)(=O)Nc4ncc([N+](=O)[O-])s4)cc3)cc(C)nc2n1. The van der Waals surface area contributed by atoms with Crippen LogP contribution in [-0.2, 0) is 10.0 Å². The number of nitro groups is 1. The Morgan fingerprint density at radius 3 is 2.42 bits per heavy atom. The molecule has 0 fully saturated rings. The summed E-state index contributed by atoms with van der Waals surface area (Å²) in [6.45, 7) is 3.77. The van der Waals surface area contributed by atoms with E-state index in [2.05, 4.69) is 25.0 Å². The average molecular weight is 457 g/mol. The molecule has 31 heavy (non-hydrogen) atoms. The standard InChI is InChI=1S/C19H16N6O4S2/c1-11-3-8-15-16(9-12(2)22-18(15)21-11)23-13-4-6-14(7-5-13)31(28,29)24-19-20-10-17(30-19)25(26)27/h3-10H,1-2H3,(H,20,24)(H,21,22,23). The Morgan fingerprint density at radius 2 is 1.74 bits per heavy atom. The van der Waals surface area contributed by atoms with E-state index >= 15 is 0 Å². The minimum absolute atomic E-state index is 0.00367. The van der Waals surface area contributed by atoms with Crippen LogP contribution in [0.2, 0.25) is 0 Å². The van der Waals surface area contributed by atoms with Gasteiger partial charge in [-0.2, -0.15) is 0 Å². The summed E-state index contributed by atoms with van der Waals surface area (Å²) >= 11 is 0.646. The maximum Gasteiger partial charge on any atom is 0.345 e. The lowest BCUT2D eigenvalue weighted by molar-refractivity contribution is -0.380. The molecule has 0 saturated carbocycles. The predicted molar refractivity (Wildman–Crippen MR) is 118 cm³/mol. The molecule has 0 saturated heterocycles. The fourth-order valence-corrected chi connectivity index (χ4v) is 4.75. The second kappa shape index (κ2) is 7.89. The molecule has 10 nitrogen and oxygen atoms in total. The van der Waals surface area contributed by atoms with Crippen molar-refractivity contribution in [2.24, 2.45) is 0 Å². The van der Waals surface area contributed by atoms with Crippen molar-refractivity contribution in [2.75, 3.05) is 10.0 Å². The number of fused-ring (bicyclic) bond motifs is 1. The van der Waals surface area contributed by atoms with Crippen molar-refractivity contribution >= 4 is 53.9 Å². The first-order valence-electron chi connectivity index (χ1n) is 8.96. The van der Waals surface area contributed by atoms with Gasteiger partial charge in [0.25, 0.3) is 10.0 Å². The highest BCUT2D eigenvalue weighted by Gasteiger charge is 2.19. The van der Waals surface area contributed by atoms with Crippen molar-refractivity contribution in [3.8, 4) is 0 Å². The van der Waals surface area contributed by atoms with Gasteiger partial charge in [-0.25, -0.2) is 23.4 Å². The summed E-state index contributed by atoms with van der Waals surface area (Å²) in [5.41, 5.74) is 3.77. The zero-order chi connectivity index (χ0) is 22.2. The molecule has 2 N–H and O–H groups in total. The molecule has 4 rings (SSSR count). The van der Waals surface area contributed by atoms with E-state index in [0.29, 0.717) is 22.7 Å². The first-order chi connectivity index (χ1) is 14.7. The Bertz CT molecular complexity index is 1400. The van der Waals surface area contributed by atoms with E-state index in [-0.39, 0.29) is 15.0 Å². The molecular formula is C19H16N6O4S2. The van der Waals surface area contributed by atoms with Crippen LogP contribution in [-0.4, -0.2) is 28.3 Å². The minimum atomic E-state index is -3.93. The number of anilines is 3. The van der Waals surface area contributed by atoms with Gasteiger partial charge >= 0.3 is 5.00 Å². The van der Waals surface area contributed by atoms with Crippen LogP contribution in [0.1, 0.15) is 11.4 Å². The largest absolute Gasteiger partial charge is 0.355 e. The van der Waals surface area contributed by atoms with Gasteiger partial charge in [0.05, 0.1) is 15.5 Å². The number of nitrogens with one attached hydrogen (secondary N) is 2. The molecule has 3 aromatic heterocycles. The number of thiazole rings is 1. The number of hydrogen-bond donors (Lipinski definition) is 2. The van der Waals surface area contributed by atoms with E-state index in [1.807, 2.05) is 32.0 Å².